The predicted molar refractivity (Wildman–Crippen MR) is 69.6 cm³/mol. The lowest BCUT2D eigenvalue weighted by Crippen LogP contribution is -2.37. The fourth-order valence-corrected chi connectivity index (χ4v) is 2.64. The molecule has 0 bridgehead atoms. The number of benzene rings is 1. The van der Waals surface area contributed by atoms with E-state index in [1.165, 1.54) is 24.3 Å². The fourth-order valence-electron chi connectivity index (χ4n) is 2.64. The lowest BCUT2D eigenvalue weighted by Gasteiger charge is -2.36. The first-order valence-corrected chi connectivity index (χ1v) is 6.41. The van der Waals surface area contributed by atoms with Crippen LogP contribution < -0.4 is 0 Å². The Hall–Kier alpha value is -1.75. The number of hydrogen-bond acceptors (Lipinski definition) is 4. The van der Waals surface area contributed by atoms with Crippen molar-refractivity contribution in [3.05, 3.63) is 39.9 Å². The molecule has 0 radical (unpaired) electrons. The Balaban J connectivity index is 2.25. The van der Waals surface area contributed by atoms with Crippen LogP contribution in [-0.2, 0) is 4.79 Å². The number of nitrogens with zero attached hydrogens (tertiary/aromatic N) is 1. The highest BCUT2D eigenvalue weighted by Crippen LogP contribution is 2.43. The van der Waals surface area contributed by atoms with Gasteiger partial charge in [-0.1, -0.05) is 6.42 Å². The zero-order chi connectivity index (χ0) is 14.0. The van der Waals surface area contributed by atoms with E-state index in [1.54, 1.807) is 6.92 Å². The van der Waals surface area contributed by atoms with Crippen molar-refractivity contribution in [2.24, 2.45) is 5.41 Å². The number of Topliss-reactive ketones (excluding diaryl/α,β-unsaturated/α-hetero) is 1. The predicted octanol–water partition coefficient (Wildman–Crippen LogP) is 2.78. The van der Waals surface area contributed by atoms with Gasteiger partial charge in [-0.05, 0) is 37.5 Å². The van der Waals surface area contributed by atoms with Gasteiger partial charge in [0.2, 0.25) is 0 Å². The standard InChI is InChI=1S/C14H17NO4/c1-14(9-3-2-4-12(14)16)13(17)10-5-7-11(8-6-10)15(18)19/h5-8,13,17H,2-4,9H2,1H3/t13-,14+/m0/s1. The Labute approximate surface area is 111 Å². The van der Waals surface area contributed by atoms with Crippen LogP contribution in [0.3, 0.4) is 0 Å². The van der Waals surface area contributed by atoms with Gasteiger partial charge in [-0.2, -0.15) is 0 Å². The summed E-state index contributed by atoms with van der Waals surface area (Å²) >= 11 is 0. The third kappa shape index (κ3) is 2.51. The molecular weight excluding hydrogens is 246 g/mol. The number of aliphatic hydroxyl groups is 1. The summed E-state index contributed by atoms with van der Waals surface area (Å²) in [7, 11) is 0. The molecule has 2 atom stereocenters. The van der Waals surface area contributed by atoms with Crippen molar-refractivity contribution in [1.82, 2.24) is 0 Å². The summed E-state index contributed by atoms with van der Waals surface area (Å²) in [6, 6.07) is 5.76. The lowest BCUT2D eigenvalue weighted by molar-refractivity contribution is -0.384. The van der Waals surface area contributed by atoms with Gasteiger partial charge in [0.05, 0.1) is 16.4 Å². The maximum Gasteiger partial charge on any atom is 0.269 e. The van der Waals surface area contributed by atoms with Gasteiger partial charge in [-0.25, -0.2) is 0 Å². The molecule has 1 saturated carbocycles. The molecule has 1 aromatic carbocycles. The summed E-state index contributed by atoms with van der Waals surface area (Å²) in [6.45, 7) is 1.78. The molecule has 1 N–H and O–H groups in total. The molecule has 0 saturated heterocycles. The maximum atomic E-state index is 12.0. The first kappa shape index (κ1) is 13.7. The van der Waals surface area contributed by atoms with Gasteiger partial charge in [0.15, 0.2) is 0 Å². The van der Waals surface area contributed by atoms with E-state index in [1.807, 2.05) is 0 Å². The number of nitro groups is 1. The normalized spacial score (nSPS) is 25.1. The molecule has 5 nitrogen and oxygen atoms in total. The van der Waals surface area contributed by atoms with Gasteiger partial charge < -0.3 is 5.11 Å². The van der Waals surface area contributed by atoms with E-state index in [4.69, 9.17) is 0 Å². The largest absolute Gasteiger partial charge is 0.387 e. The van der Waals surface area contributed by atoms with E-state index in [2.05, 4.69) is 0 Å². The van der Waals surface area contributed by atoms with E-state index < -0.39 is 16.4 Å². The summed E-state index contributed by atoms with van der Waals surface area (Å²) in [6.07, 6.45) is 2.05. The average Bonchev–Trinajstić information content (AvgIpc) is 2.41. The second-order valence-corrected chi connectivity index (χ2v) is 5.30. The van der Waals surface area contributed by atoms with Gasteiger partial charge in [0, 0.05) is 18.6 Å². The smallest absolute Gasteiger partial charge is 0.269 e. The summed E-state index contributed by atoms with van der Waals surface area (Å²) < 4.78 is 0. The molecule has 1 aromatic rings. The van der Waals surface area contributed by atoms with Crippen LogP contribution in [0, 0.1) is 15.5 Å². The third-order valence-corrected chi connectivity index (χ3v) is 4.01. The number of carbonyl (C=O) groups excluding carboxylic acids is 1. The monoisotopic (exact) mass is 263 g/mol. The van der Waals surface area contributed by atoms with E-state index >= 15 is 0 Å². The van der Waals surface area contributed by atoms with Crippen LogP contribution in [0.5, 0.6) is 0 Å². The molecule has 1 fully saturated rings. The van der Waals surface area contributed by atoms with E-state index in [9.17, 15) is 20.0 Å². The Morgan fingerprint density at radius 1 is 1.32 bits per heavy atom. The summed E-state index contributed by atoms with van der Waals surface area (Å²) in [4.78, 5) is 22.1. The highest BCUT2D eigenvalue weighted by atomic mass is 16.6. The molecule has 1 aliphatic carbocycles. The lowest BCUT2D eigenvalue weighted by atomic mass is 9.69. The summed E-state index contributed by atoms with van der Waals surface area (Å²) in [5.74, 6) is 0.0737. The Morgan fingerprint density at radius 2 is 1.95 bits per heavy atom. The van der Waals surface area contributed by atoms with Crippen molar-refractivity contribution in [3.63, 3.8) is 0 Å². The van der Waals surface area contributed by atoms with E-state index in [0.717, 1.165) is 12.8 Å². The number of non-ortho nitro benzene ring substituents is 1. The van der Waals surface area contributed by atoms with Gasteiger partial charge in [-0.15, -0.1) is 0 Å². The van der Waals surface area contributed by atoms with Crippen LogP contribution in [0.25, 0.3) is 0 Å². The van der Waals surface area contributed by atoms with Crippen LogP contribution in [0.2, 0.25) is 0 Å². The number of ketones is 1. The molecule has 0 unspecified atom stereocenters. The molecule has 5 heteroatoms. The van der Waals surface area contributed by atoms with Crippen molar-refractivity contribution < 1.29 is 14.8 Å². The number of carbonyl (C=O) groups is 1. The first-order valence-electron chi connectivity index (χ1n) is 6.41. The molecule has 0 aliphatic heterocycles. The summed E-state index contributed by atoms with van der Waals surface area (Å²) in [5.41, 5.74) is -0.228. The summed E-state index contributed by atoms with van der Waals surface area (Å²) in [5, 5.41) is 21.0. The molecule has 0 heterocycles. The van der Waals surface area contributed by atoms with Gasteiger partial charge in [0.1, 0.15) is 5.78 Å². The van der Waals surface area contributed by atoms with Crippen molar-refractivity contribution in [2.45, 2.75) is 38.7 Å². The molecule has 2 rings (SSSR count). The Morgan fingerprint density at radius 3 is 2.47 bits per heavy atom. The topological polar surface area (TPSA) is 80.4 Å². The molecule has 0 aromatic heterocycles. The maximum absolute atomic E-state index is 12.0. The molecule has 1 aliphatic rings. The number of hydrogen-bond donors (Lipinski definition) is 1. The van der Waals surface area contributed by atoms with Crippen LogP contribution in [0.15, 0.2) is 24.3 Å². The minimum absolute atomic E-state index is 0.0175. The van der Waals surface area contributed by atoms with Crippen molar-refractivity contribution in [2.75, 3.05) is 0 Å². The SMILES string of the molecule is C[C@@]1([C@@H](O)c2ccc([N+](=O)[O-])cc2)CCCCC1=O. The van der Waals surface area contributed by atoms with Gasteiger partial charge >= 0.3 is 0 Å². The van der Waals surface area contributed by atoms with Crippen LogP contribution in [-0.4, -0.2) is 15.8 Å². The number of aliphatic hydroxyl groups excluding tert-OH is 1. The average molecular weight is 263 g/mol. The number of rotatable bonds is 3. The quantitative estimate of drug-likeness (QED) is 0.671. The minimum Gasteiger partial charge on any atom is -0.387 e. The minimum atomic E-state index is -0.902. The Bertz CT molecular complexity index is 497. The fraction of sp³-hybridized carbons (Fsp3) is 0.500. The van der Waals surface area contributed by atoms with Crippen LogP contribution in [0.1, 0.15) is 44.3 Å². The molecule has 102 valence electrons. The first-order chi connectivity index (χ1) is 8.95. The van der Waals surface area contributed by atoms with Crippen molar-refractivity contribution >= 4 is 11.5 Å². The van der Waals surface area contributed by atoms with Crippen molar-refractivity contribution in [3.8, 4) is 0 Å². The Kier molecular flexibility index (Phi) is 3.66. The second kappa shape index (κ2) is 5.09. The van der Waals surface area contributed by atoms with E-state index in [-0.39, 0.29) is 11.5 Å². The van der Waals surface area contributed by atoms with Gasteiger partial charge in [-0.3, -0.25) is 14.9 Å². The van der Waals surface area contributed by atoms with Crippen molar-refractivity contribution in [1.29, 1.82) is 0 Å². The molecular formula is C14H17NO4. The van der Waals surface area contributed by atoms with Crippen LogP contribution in [0.4, 0.5) is 5.69 Å². The van der Waals surface area contributed by atoms with Gasteiger partial charge in [0.25, 0.3) is 5.69 Å². The number of nitro benzene ring substituents is 1. The zero-order valence-electron chi connectivity index (χ0n) is 10.8. The van der Waals surface area contributed by atoms with E-state index in [0.29, 0.717) is 18.4 Å². The highest BCUT2D eigenvalue weighted by molar-refractivity contribution is 5.85. The molecule has 0 spiro atoms. The molecule has 0 amide bonds. The molecule has 19 heavy (non-hydrogen) atoms. The zero-order valence-corrected chi connectivity index (χ0v) is 10.8. The third-order valence-electron chi connectivity index (χ3n) is 4.01. The highest BCUT2D eigenvalue weighted by Gasteiger charge is 2.42. The second-order valence-electron chi connectivity index (χ2n) is 5.30. The van der Waals surface area contributed by atoms with Crippen LogP contribution >= 0.6 is 0 Å².